The van der Waals surface area contributed by atoms with E-state index in [1.807, 2.05) is 64.1 Å². The second kappa shape index (κ2) is 28.6. The van der Waals surface area contributed by atoms with Gasteiger partial charge in [0.15, 0.2) is 0 Å². The van der Waals surface area contributed by atoms with Crippen LogP contribution >= 0.6 is 0 Å². The molecular weight excluding hydrogens is 906 g/mol. The molecule has 0 amide bonds. The maximum absolute atomic E-state index is 10.8. The molecule has 0 saturated heterocycles. The molecule has 16 heteroatoms. The van der Waals surface area contributed by atoms with E-state index in [1.54, 1.807) is 24.8 Å². The molecule has 2 rings (SSSR count). The van der Waals surface area contributed by atoms with Crippen LogP contribution in [-0.4, -0.2) is 86.7 Å². The fraction of sp³-hybridized carbons (Fsp3) is 0.650. The number of carbonyl (C=O) groups excluding carboxylic acids is 4. The van der Waals surface area contributed by atoms with Crippen molar-refractivity contribution in [1.29, 1.82) is 0 Å². The van der Waals surface area contributed by atoms with Crippen LogP contribution in [0.4, 0.5) is 0 Å². The van der Waals surface area contributed by atoms with Crippen LogP contribution in [0.25, 0.3) is 0 Å². The Morgan fingerprint density at radius 3 is 0.661 bits per heavy atom. The summed E-state index contributed by atoms with van der Waals surface area (Å²) < 4.78 is 21.7. The van der Waals surface area contributed by atoms with Crippen molar-refractivity contribution in [3.05, 3.63) is 61.2 Å². The first-order valence-electron chi connectivity index (χ1n) is 17.5. The summed E-state index contributed by atoms with van der Waals surface area (Å²) in [4.78, 5) is 51.0. The number of hydrogen-bond donors (Lipinski definition) is 0. The Morgan fingerprint density at radius 2 is 0.554 bits per heavy atom. The number of rotatable bonds is 20. The van der Waals surface area contributed by atoms with E-state index in [-0.39, 0.29) is 76.2 Å². The van der Waals surface area contributed by atoms with E-state index in [4.69, 9.17) is 18.9 Å². The predicted molar refractivity (Wildman–Crippen MR) is 194 cm³/mol. The Hall–Kier alpha value is -2.73. The maximum Gasteiger partial charge on any atom is 2.00 e. The summed E-state index contributed by atoms with van der Waals surface area (Å²) in [6.07, 6.45) is 7.00. The van der Waals surface area contributed by atoms with Gasteiger partial charge in [-0.1, -0.05) is 95.2 Å². The van der Waals surface area contributed by atoms with Crippen LogP contribution in [0.2, 0.25) is 0 Å². The van der Waals surface area contributed by atoms with Gasteiger partial charge in [0.1, 0.15) is 0 Å². The zero-order chi connectivity index (χ0) is 42.3. The molecule has 0 saturated carbocycles. The minimum Gasteiger partial charge on any atom is -0.549 e. The number of aromatic nitrogens is 2. The third-order valence-corrected chi connectivity index (χ3v) is 7.17. The molecule has 0 unspecified atom stereocenters. The smallest absolute Gasteiger partial charge is 0.549 e. The van der Waals surface area contributed by atoms with Crippen molar-refractivity contribution < 1.29 is 97.5 Å². The van der Waals surface area contributed by atoms with Crippen LogP contribution in [-0.2, 0) is 77.1 Å². The quantitative estimate of drug-likeness (QED) is 0.171. The van der Waals surface area contributed by atoms with Gasteiger partial charge < -0.3 is 58.6 Å². The average molecular weight is 969 g/mol. The van der Waals surface area contributed by atoms with E-state index < -0.39 is 45.5 Å². The summed E-state index contributed by atoms with van der Waals surface area (Å²) in [5.41, 5.74) is -4.91. The molecule has 0 aliphatic heterocycles. The predicted octanol–water partition coefficient (Wildman–Crippen LogP) is 1.35. The first kappa shape index (κ1) is 60.0. The Labute approximate surface area is 359 Å². The molecular formula is C40H62N2O12Rh2. The first-order valence-corrected chi connectivity index (χ1v) is 17.5. The van der Waals surface area contributed by atoms with Crippen molar-refractivity contribution in [1.82, 2.24) is 9.97 Å². The normalized spacial score (nSPS) is 11.6. The van der Waals surface area contributed by atoms with E-state index in [0.717, 1.165) is 0 Å². The third-order valence-electron chi connectivity index (χ3n) is 7.17. The summed E-state index contributed by atoms with van der Waals surface area (Å²) in [5.74, 6) is -4.64. The second-order valence-corrected chi connectivity index (χ2v) is 17.0. The molecule has 14 nitrogen and oxygen atoms in total. The van der Waals surface area contributed by atoms with Crippen molar-refractivity contribution in [3.63, 3.8) is 0 Å². The molecule has 0 bridgehead atoms. The van der Waals surface area contributed by atoms with Gasteiger partial charge in [-0.05, 0) is 24.3 Å². The minimum absolute atomic E-state index is 0. The topological polar surface area (TPSA) is 223 Å². The standard InChI is InChI=1S/2C15H28O6.2C5H5N.2Rh/c2*1-13(2,7-20-9-14(3,4)11(16)17)8-21-10-15(5,6)12(18)19;2*1-2-4-6-5-3-1;;/h2*7-10H2,1-6H3,(H,16,17)(H,18,19);2*1-5H;;/q;;;;2*+2/p-4. The van der Waals surface area contributed by atoms with Crippen molar-refractivity contribution in [2.24, 2.45) is 32.5 Å². The molecule has 0 aliphatic carbocycles. The summed E-state index contributed by atoms with van der Waals surface area (Å²) in [7, 11) is 0. The van der Waals surface area contributed by atoms with Gasteiger partial charge in [0.25, 0.3) is 0 Å². The van der Waals surface area contributed by atoms with Gasteiger partial charge in [0, 0.05) is 81.2 Å². The van der Waals surface area contributed by atoms with Gasteiger partial charge >= 0.3 is 39.0 Å². The number of hydrogen-bond acceptors (Lipinski definition) is 14. The van der Waals surface area contributed by atoms with Crippen LogP contribution in [0, 0.1) is 32.5 Å². The molecule has 56 heavy (non-hydrogen) atoms. The Kier molecular flexibility index (Phi) is 30.7. The van der Waals surface area contributed by atoms with Crippen molar-refractivity contribution >= 4 is 23.9 Å². The number of carboxylic acids is 4. The first-order chi connectivity index (χ1) is 24.6. The van der Waals surface area contributed by atoms with Gasteiger partial charge in [-0.25, -0.2) is 0 Å². The van der Waals surface area contributed by atoms with Gasteiger partial charge in [-0.15, -0.1) is 0 Å². The zero-order valence-corrected chi connectivity index (χ0v) is 38.2. The maximum atomic E-state index is 10.8. The molecule has 2 aromatic heterocycles. The van der Waals surface area contributed by atoms with E-state index in [2.05, 4.69) is 9.97 Å². The van der Waals surface area contributed by atoms with Gasteiger partial charge in [-0.2, -0.15) is 0 Å². The zero-order valence-electron chi connectivity index (χ0n) is 34.9. The number of ether oxygens (including phenoxy) is 4. The van der Waals surface area contributed by atoms with E-state index in [1.165, 1.54) is 55.4 Å². The Morgan fingerprint density at radius 1 is 0.375 bits per heavy atom. The van der Waals surface area contributed by atoms with Crippen molar-refractivity contribution in [2.45, 2.75) is 83.1 Å². The molecule has 2 heterocycles. The minimum atomic E-state index is -1.16. The summed E-state index contributed by atoms with van der Waals surface area (Å²) in [6.45, 7) is 21.2. The fourth-order valence-electron chi connectivity index (χ4n) is 3.27. The van der Waals surface area contributed by atoms with Crippen LogP contribution in [0.3, 0.4) is 0 Å². The molecule has 2 radical (unpaired) electrons. The van der Waals surface area contributed by atoms with Crippen LogP contribution < -0.4 is 20.4 Å². The fourth-order valence-corrected chi connectivity index (χ4v) is 3.27. The van der Waals surface area contributed by atoms with Crippen LogP contribution in [0.15, 0.2) is 61.2 Å². The van der Waals surface area contributed by atoms with E-state index >= 15 is 0 Å². The summed E-state index contributed by atoms with van der Waals surface area (Å²) >= 11 is 0. The molecule has 0 aliphatic rings. The Balaban J connectivity index is -0.000000360. The SMILES string of the molecule is CC(C)(COCC(C)(C)C(=O)[O-])COCC(C)(C)C(=O)[O-].CC(C)(COCC(C)(C)C(=O)[O-])COCC(C)(C)C(=O)[O-].[Rh+2].[Rh+2].c1ccncc1.c1ccncc1. The van der Waals surface area contributed by atoms with E-state index in [0.29, 0.717) is 26.4 Å². The summed E-state index contributed by atoms with van der Waals surface area (Å²) in [5, 5.41) is 43.4. The number of aliphatic carboxylic acids is 4. The largest absolute Gasteiger partial charge is 2.00 e. The second-order valence-electron chi connectivity index (χ2n) is 17.0. The van der Waals surface area contributed by atoms with Crippen molar-refractivity contribution in [3.8, 4) is 0 Å². The van der Waals surface area contributed by atoms with Gasteiger partial charge in [0.05, 0.1) is 52.9 Å². The Bertz CT molecular complexity index is 1130. The molecule has 0 fully saturated rings. The molecule has 0 N–H and O–H groups in total. The molecule has 0 aromatic carbocycles. The van der Waals surface area contributed by atoms with E-state index in [9.17, 15) is 39.6 Å². The molecule has 2 aromatic rings. The summed E-state index contributed by atoms with van der Waals surface area (Å²) in [6, 6.07) is 11.4. The molecule has 0 spiro atoms. The molecule has 322 valence electrons. The number of nitrogens with zero attached hydrogens (tertiary/aromatic N) is 2. The number of carbonyl (C=O) groups is 4. The third kappa shape index (κ3) is 30.4. The average Bonchev–Trinajstić information content (AvgIpc) is 3.06. The van der Waals surface area contributed by atoms with Gasteiger partial charge in [0.2, 0.25) is 0 Å². The van der Waals surface area contributed by atoms with Gasteiger partial charge in [-0.3, -0.25) is 9.97 Å². The number of pyridine rings is 2. The van der Waals surface area contributed by atoms with Crippen LogP contribution in [0.5, 0.6) is 0 Å². The van der Waals surface area contributed by atoms with Crippen LogP contribution in [0.1, 0.15) is 83.1 Å². The number of carboxylic acid groups (broad SMARTS) is 4. The monoisotopic (exact) mass is 968 g/mol. The molecule has 0 atom stereocenters. The van der Waals surface area contributed by atoms with Crippen molar-refractivity contribution in [2.75, 3.05) is 52.9 Å².